The topological polar surface area (TPSA) is 168 Å². The predicted octanol–water partition coefficient (Wildman–Crippen LogP) is 4.88. The molecule has 0 spiro atoms. The largest absolute Gasteiger partial charge is 0.472 e. The number of halogens is 1. The maximum Gasteiger partial charge on any atom is 0.472 e. The molecule has 6 rings (SSSR count). The average molecular weight is 677 g/mol. The average Bonchev–Trinajstić information content (AvgIpc) is 3.59. The van der Waals surface area contributed by atoms with Crippen molar-refractivity contribution in [3.05, 3.63) is 77.4 Å². The molecule has 0 saturated carbocycles. The number of anilines is 1. The lowest BCUT2D eigenvalue weighted by molar-refractivity contribution is 0.0829. The molecule has 4 heterocycles. The Hall–Kier alpha value is -3.40. The van der Waals surface area contributed by atoms with Crippen molar-refractivity contribution >= 4 is 51.7 Å². The Balaban J connectivity index is 1.25. The summed E-state index contributed by atoms with van der Waals surface area (Å²) in [6.07, 6.45) is 4.93. The highest BCUT2D eigenvalue weighted by atomic mass is 35.5. The van der Waals surface area contributed by atoms with Gasteiger partial charge < -0.3 is 19.8 Å². The van der Waals surface area contributed by atoms with Gasteiger partial charge in [-0.05, 0) is 55.3 Å². The van der Waals surface area contributed by atoms with Gasteiger partial charge in [-0.15, -0.1) is 11.3 Å². The lowest BCUT2D eigenvalue weighted by Crippen LogP contribution is -2.45. The van der Waals surface area contributed by atoms with Crippen LogP contribution in [0.4, 0.5) is 5.95 Å². The summed E-state index contributed by atoms with van der Waals surface area (Å²) in [4.78, 5) is 32.8. The lowest BCUT2D eigenvalue weighted by atomic mass is 10.1. The first-order valence-corrected chi connectivity index (χ1v) is 17.5. The van der Waals surface area contributed by atoms with Crippen molar-refractivity contribution in [2.75, 3.05) is 25.2 Å². The van der Waals surface area contributed by atoms with Gasteiger partial charge in [-0.1, -0.05) is 23.7 Å². The zero-order chi connectivity index (χ0) is 30.9. The molecule has 1 atom stereocenters. The van der Waals surface area contributed by atoms with Crippen molar-refractivity contribution in [1.29, 1.82) is 0 Å². The summed E-state index contributed by atoms with van der Waals surface area (Å²) in [5, 5.41) is 5.69. The molecule has 0 amide bonds. The van der Waals surface area contributed by atoms with Crippen LogP contribution < -0.4 is 10.1 Å². The van der Waals surface area contributed by atoms with Gasteiger partial charge in [-0.2, -0.15) is 4.31 Å². The fourth-order valence-electron chi connectivity index (χ4n) is 4.90. The van der Waals surface area contributed by atoms with Crippen LogP contribution in [0.2, 0.25) is 5.02 Å². The van der Waals surface area contributed by atoms with E-state index in [-0.39, 0.29) is 17.5 Å². The number of phosphoric acid groups is 1. The van der Waals surface area contributed by atoms with Crippen molar-refractivity contribution in [3.63, 3.8) is 0 Å². The van der Waals surface area contributed by atoms with E-state index in [4.69, 9.17) is 36.1 Å². The number of hydrogen-bond donors (Lipinski definition) is 3. The molecule has 44 heavy (non-hydrogen) atoms. The summed E-state index contributed by atoms with van der Waals surface area (Å²) in [6, 6.07) is 14.6. The molecule has 1 aliphatic rings. The maximum atomic E-state index is 13.3. The number of benzene rings is 2. The highest BCUT2D eigenvalue weighted by molar-refractivity contribution is 7.89. The number of fused-ring (bicyclic) bond motifs is 1. The molecule has 0 radical (unpaired) electrons. The number of phosphoric ester groups is 1. The zero-order valence-electron chi connectivity index (χ0n) is 22.9. The predicted molar refractivity (Wildman–Crippen MR) is 165 cm³/mol. The van der Waals surface area contributed by atoms with Crippen LogP contribution in [0.5, 0.6) is 5.75 Å². The quantitative estimate of drug-likeness (QED) is 0.136. The second-order valence-corrected chi connectivity index (χ2v) is 14.3. The van der Waals surface area contributed by atoms with Crippen molar-refractivity contribution in [2.24, 2.45) is 0 Å². The Morgan fingerprint density at radius 2 is 1.95 bits per heavy atom. The molecular formula is C27H26ClN6O7PS2. The zero-order valence-corrected chi connectivity index (χ0v) is 26.1. The van der Waals surface area contributed by atoms with Crippen molar-refractivity contribution in [1.82, 2.24) is 23.7 Å². The van der Waals surface area contributed by atoms with Crippen LogP contribution in [0.3, 0.4) is 0 Å². The monoisotopic (exact) mass is 676 g/mol. The molecule has 230 valence electrons. The molecule has 1 saturated heterocycles. The van der Waals surface area contributed by atoms with E-state index in [2.05, 4.69) is 14.8 Å². The van der Waals surface area contributed by atoms with Crippen molar-refractivity contribution < 1.29 is 32.0 Å². The third kappa shape index (κ3) is 6.80. The Labute approximate surface area is 261 Å². The van der Waals surface area contributed by atoms with Crippen LogP contribution in [0.1, 0.15) is 12.8 Å². The molecule has 3 N–H and O–H groups in total. The molecule has 3 aromatic heterocycles. The molecule has 0 aliphatic carbocycles. The van der Waals surface area contributed by atoms with E-state index in [1.807, 2.05) is 22.0 Å². The summed E-state index contributed by atoms with van der Waals surface area (Å²) in [5.41, 5.74) is 2.58. The Morgan fingerprint density at radius 3 is 2.75 bits per heavy atom. The number of nitrogens with zero attached hydrogens (tertiary/aromatic N) is 5. The number of hydrogen-bond acceptors (Lipinski definition) is 10. The standard InChI is InChI=1S/C27H26ClN6O7PS2/c28-19-6-8-22(9-7-19)44(38,39)33-12-2-4-20(16-33)30-26-29-11-10-23(31-26)25-24(32-27-34(25)13-14-43-27)18-3-1-5-21(15-18)40-17-41-42(35,36)37/h1,3,5-11,13-15,20H,2,4,12,16-17H2,(H,29,30,31)(H2,35,36,37). The molecule has 0 bridgehead atoms. The highest BCUT2D eigenvalue weighted by Crippen LogP contribution is 2.37. The van der Waals surface area contributed by atoms with Gasteiger partial charge in [0.25, 0.3) is 0 Å². The Morgan fingerprint density at radius 1 is 1.14 bits per heavy atom. The summed E-state index contributed by atoms with van der Waals surface area (Å²) in [5.74, 6) is 0.680. The minimum absolute atomic E-state index is 0.192. The normalized spacial score (nSPS) is 16.3. The number of piperidine rings is 1. The number of rotatable bonds is 10. The van der Waals surface area contributed by atoms with Gasteiger partial charge in [0.2, 0.25) is 16.0 Å². The number of sulfonamides is 1. The van der Waals surface area contributed by atoms with Crippen LogP contribution >= 0.6 is 30.8 Å². The van der Waals surface area contributed by atoms with E-state index < -0.39 is 24.6 Å². The SMILES string of the molecule is O=P(O)(O)OCOc1cccc(-c2nc3sccn3c2-c2ccnc(NC3CCCN(S(=O)(=O)c4ccc(Cl)cc4)C3)n2)c1. The van der Waals surface area contributed by atoms with E-state index in [0.29, 0.717) is 52.3 Å². The molecular weight excluding hydrogens is 651 g/mol. The second-order valence-electron chi connectivity index (χ2n) is 9.84. The second kappa shape index (κ2) is 12.5. The maximum absolute atomic E-state index is 13.3. The van der Waals surface area contributed by atoms with Crippen LogP contribution in [0.15, 0.2) is 77.3 Å². The van der Waals surface area contributed by atoms with E-state index in [1.165, 1.54) is 27.8 Å². The number of imidazole rings is 1. The van der Waals surface area contributed by atoms with Crippen LogP contribution in [0, 0.1) is 0 Å². The highest BCUT2D eigenvalue weighted by Gasteiger charge is 2.31. The fraction of sp³-hybridized carbons (Fsp3) is 0.222. The van der Waals surface area contributed by atoms with E-state index in [9.17, 15) is 13.0 Å². The number of ether oxygens (including phenoxy) is 1. The summed E-state index contributed by atoms with van der Waals surface area (Å²) >= 11 is 7.40. The van der Waals surface area contributed by atoms with Crippen molar-refractivity contribution in [3.8, 4) is 28.4 Å². The Kier molecular flexibility index (Phi) is 8.72. The molecule has 13 nitrogen and oxygen atoms in total. The lowest BCUT2D eigenvalue weighted by Gasteiger charge is -2.32. The first kappa shape index (κ1) is 30.6. The summed E-state index contributed by atoms with van der Waals surface area (Å²) in [7, 11) is -8.37. The third-order valence-electron chi connectivity index (χ3n) is 6.88. The molecule has 17 heteroatoms. The number of nitrogens with one attached hydrogen (secondary N) is 1. The minimum atomic E-state index is -4.67. The van der Waals surface area contributed by atoms with Gasteiger partial charge >= 0.3 is 7.82 Å². The number of aromatic nitrogens is 4. The van der Waals surface area contributed by atoms with Crippen LogP contribution in [-0.4, -0.2) is 67.8 Å². The number of thiazole rings is 1. The first-order chi connectivity index (χ1) is 21.1. The molecule has 1 aliphatic heterocycles. The van der Waals surface area contributed by atoms with E-state index >= 15 is 0 Å². The molecule has 2 aromatic carbocycles. The van der Waals surface area contributed by atoms with Gasteiger partial charge in [0, 0.05) is 47.5 Å². The van der Waals surface area contributed by atoms with E-state index in [1.54, 1.807) is 42.6 Å². The molecule has 1 unspecified atom stereocenters. The van der Waals surface area contributed by atoms with E-state index in [0.717, 1.165) is 11.4 Å². The third-order valence-corrected chi connectivity index (χ3v) is 10.2. The molecule has 5 aromatic rings. The fourth-order valence-corrected chi connectivity index (χ4v) is 7.46. The van der Waals surface area contributed by atoms with Gasteiger partial charge in [-0.25, -0.2) is 32.5 Å². The van der Waals surface area contributed by atoms with Gasteiger partial charge in [0.15, 0.2) is 11.8 Å². The first-order valence-electron chi connectivity index (χ1n) is 13.3. The summed E-state index contributed by atoms with van der Waals surface area (Å²) in [6.45, 7) is 0.0384. The van der Waals surface area contributed by atoms with Crippen molar-refractivity contribution in [2.45, 2.75) is 23.8 Å². The summed E-state index contributed by atoms with van der Waals surface area (Å²) < 4.78 is 50.7. The van der Waals surface area contributed by atoms with Gasteiger partial charge in [0.1, 0.15) is 11.4 Å². The smallest absolute Gasteiger partial charge is 0.467 e. The minimum Gasteiger partial charge on any atom is -0.467 e. The van der Waals surface area contributed by atoms with Gasteiger partial charge in [0.05, 0.1) is 16.3 Å². The van der Waals surface area contributed by atoms with Crippen LogP contribution in [-0.2, 0) is 19.1 Å². The van der Waals surface area contributed by atoms with Gasteiger partial charge in [-0.3, -0.25) is 4.40 Å². The van der Waals surface area contributed by atoms with Crippen LogP contribution in [0.25, 0.3) is 27.6 Å². The Bertz CT molecular complexity index is 1950. The molecule has 1 fully saturated rings.